The van der Waals surface area contributed by atoms with Crippen molar-refractivity contribution in [3.63, 3.8) is 0 Å². The van der Waals surface area contributed by atoms with Crippen molar-refractivity contribution in [2.75, 3.05) is 17.9 Å². The number of aliphatic hydroxyl groups excluding tert-OH is 1. The maximum atomic E-state index is 12.8. The topological polar surface area (TPSA) is 86.7 Å². The second kappa shape index (κ2) is 7.86. The van der Waals surface area contributed by atoms with Crippen molar-refractivity contribution in [1.82, 2.24) is 5.32 Å². The first-order valence-electron chi connectivity index (χ1n) is 7.52. The highest BCUT2D eigenvalue weighted by Crippen LogP contribution is 2.25. The molecule has 0 aliphatic rings. The summed E-state index contributed by atoms with van der Waals surface area (Å²) in [6.45, 7) is 1.62. The Labute approximate surface area is 152 Å². The molecule has 0 bridgehead atoms. The Hall–Kier alpha value is -2.09. The number of hydrogen-bond acceptors (Lipinski definition) is 4. The highest BCUT2D eigenvalue weighted by atomic mass is 35.5. The fourth-order valence-corrected chi connectivity index (χ4v) is 3.53. The second-order valence-corrected chi connectivity index (χ2v) is 7.94. The van der Waals surface area contributed by atoms with Gasteiger partial charge >= 0.3 is 0 Å². The van der Waals surface area contributed by atoms with Gasteiger partial charge in [0.25, 0.3) is 15.9 Å². The van der Waals surface area contributed by atoms with E-state index >= 15 is 0 Å². The van der Waals surface area contributed by atoms with Gasteiger partial charge in [-0.05, 0) is 43.3 Å². The molecule has 8 heteroatoms. The predicted octanol–water partition coefficient (Wildman–Crippen LogP) is 2.28. The predicted molar refractivity (Wildman–Crippen MR) is 97.5 cm³/mol. The van der Waals surface area contributed by atoms with Crippen LogP contribution in [-0.2, 0) is 10.0 Å². The zero-order chi connectivity index (χ0) is 18.6. The van der Waals surface area contributed by atoms with Crippen molar-refractivity contribution >= 4 is 33.2 Å². The molecule has 134 valence electrons. The van der Waals surface area contributed by atoms with Crippen LogP contribution in [0.4, 0.5) is 5.69 Å². The van der Waals surface area contributed by atoms with E-state index in [0.717, 1.165) is 4.31 Å². The summed E-state index contributed by atoms with van der Waals surface area (Å²) in [4.78, 5) is 12.1. The van der Waals surface area contributed by atoms with Crippen LogP contribution < -0.4 is 9.62 Å². The van der Waals surface area contributed by atoms with Crippen molar-refractivity contribution in [2.45, 2.75) is 17.9 Å². The number of sulfonamides is 1. The maximum absolute atomic E-state index is 12.8. The number of halogens is 1. The second-order valence-electron chi connectivity index (χ2n) is 5.54. The molecule has 0 saturated carbocycles. The summed E-state index contributed by atoms with van der Waals surface area (Å²) in [6, 6.07) is 12.2. The fraction of sp³-hybridized carbons (Fsp3) is 0.235. The van der Waals surface area contributed by atoms with Crippen molar-refractivity contribution in [1.29, 1.82) is 0 Å². The Morgan fingerprint density at radius 2 is 1.92 bits per heavy atom. The van der Waals surface area contributed by atoms with Gasteiger partial charge in [0, 0.05) is 24.2 Å². The van der Waals surface area contributed by atoms with E-state index in [9.17, 15) is 18.3 Å². The van der Waals surface area contributed by atoms with E-state index in [1.807, 2.05) is 0 Å². The number of rotatable bonds is 6. The van der Waals surface area contributed by atoms with E-state index in [2.05, 4.69) is 5.32 Å². The Bertz CT molecular complexity index is 868. The molecule has 0 aromatic heterocycles. The molecule has 1 amide bonds. The number of benzene rings is 2. The molecule has 6 nitrogen and oxygen atoms in total. The Morgan fingerprint density at radius 3 is 2.56 bits per heavy atom. The molecule has 1 atom stereocenters. The normalized spacial score (nSPS) is 12.5. The first-order chi connectivity index (χ1) is 11.7. The molecule has 0 aliphatic carbocycles. The quantitative estimate of drug-likeness (QED) is 0.802. The van der Waals surface area contributed by atoms with Gasteiger partial charge in [0.2, 0.25) is 0 Å². The SMILES string of the molecule is CC(O)CNC(=O)c1cccc(S(=O)(=O)N(C)c2cccc(Cl)c2)c1. The number of amides is 1. The first-order valence-corrected chi connectivity index (χ1v) is 9.34. The largest absolute Gasteiger partial charge is 0.392 e. The van der Waals surface area contributed by atoms with Gasteiger partial charge in [-0.1, -0.05) is 23.7 Å². The van der Waals surface area contributed by atoms with Crippen LogP contribution in [0, 0.1) is 0 Å². The smallest absolute Gasteiger partial charge is 0.264 e. The molecule has 0 saturated heterocycles. The monoisotopic (exact) mass is 382 g/mol. The zero-order valence-corrected chi connectivity index (χ0v) is 15.4. The number of carbonyl (C=O) groups is 1. The van der Waals surface area contributed by atoms with Crippen molar-refractivity contribution < 1.29 is 18.3 Å². The molecule has 0 spiro atoms. The van der Waals surface area contributed by atoms with E-state index < -0.39 is 22.0 Å². The molecule has 0 fully saturated rings. The highest BCUT2D eigenvalue weighted by molar-refractivity contribution is 7.92. The molecule has 1 unspecified atom stereocenters. The van der Waals surface area contributed by atoms with Crippen LogP contribution in [0.1, 0.15) is 17.3 Å². The van der Waals surface area contributed by atoms with Crippen LogP contribution in [0.25, 0.3) is 0 Å². The van der Waals surface area contributed by atoms with Crippen molar-refractivity contribution in [3.8, 4) is 0 Å². The number of hydrogen-bond donors (Lipinski definition) is 2. The lowest BCUT2D eigenvalue weighted by Crippen LogP contribution is -2.31. The van der Waals surface area contributed by atoms with E-state index in [4.69, 9.17) is 11.6 Å². The van der Waals surface area contributed by atoms with Crippen LogP contribution in [-0.4, -0.2) is 39.1 Å². The first kappa shape index (κ1) is 19.2. The van der Waals surface area contributed by atoms with E-state index in [1.54, 1.807) is 25.1 Å². The van der Waals surface area contributed by atoms with Crippen molar-refractivity contribution in [3.05, 3.63) is 59.1 Å². The summed E-state index contributed by atoms with van der Waals surface area (Å²) in [5.74, 6) is -0.455. The molecule has 2 aromatic carbocycles. The molecular weight excluding hydrogens is 364 g/mol. The lowest BCUT2D eigenvalue weighted by atomic mass is 10.2. The van der Waals surface area contributed by atoms with E-state index in [0.29, 0.717) is 10.7 Å². The highest BCUT2D eigenvalue weighted by Gasteiger charge is 2.22. The number of nitrogens with one attached hydrogen (secondary N) is 1. The minimum Gasteiger partial charge on any atom is -0.392 e. The summed E-state index contributed by atoms with van der Waals surface area (Å²) in [5, 5.41) is 12.2. The minimum atomic E-state index is -3.85. The van der Waals surface area contributed by atoms with Crippen LogP contribution in [0.3, 0.4) is 0 Å². The third-order valence-corrected chi connectivity index (χ3v) is 5.50. The van der Waals surface area contributed by atoms with Gasteiger partial charge in [-0.2, -0.15) is 0 Å². The summed E-state index contributed by atoms with van der Waals surface area (Å²) < 4.78 is 26.7. The van der Waals surface area contributed by atoms with Crippen LogP contribution in [0.2, 0.25) is 5.02 Å². The molecule has 0 heterocycles. The van der Waals surface area contributed by atoms with Crippen LogP contribution in [0.5, 0.6) is 0 Å². The molecule has 0 radical (unpaired) electrons. The van der Waals surface area contributed by atoms with Gasteiger partial charge in [0.15, 0.2) is 0 Å². The van der Waals surface area contributed by atoms with Crippen molar-refractivity contribution in [2.24, 2.45) is 0 Å². The molecular formula is C17H19ClN2O4S. The average Bonchev–Trinajstić information content (AvgIpc) is 2.59. The third-order valence-electron chi connectivity index (χ3n) is 3.48. The summed E-state index contributed by atoms with van der Waals surface area (Å²) in [6.07, 6.45) is -0.690. The van der Waals surface area contributed by atoms with Crippen LogP contribution in [0.15, 0.2) is 53.4 Å². The number of aliphatic hydroxyl groups is 1. The maximum Gasteiger partial charge on any atom is 0.264 e. The number of anilines is 1. The number of carbonyl (C=O) groups excluding carboxylic acids is 1. The van der Waals surface area contributed by atoms with Gasteiger partial charge in [0.05, 0.1) is 16.7 Å². The van der Waals surface area contributed by atoms with Gasteiger partial charge in [0.1, 0.15) is 0 Å². The van der Waals surface area contributed by atoms with E-state index in [1.165, 1.54) is 37.4 Å². The molecule has 2 aromatic rings. The molecule has 2 rings (SSSR count). The van der Waals surface area contributed by atoms with E-state index in [-0.39, 0.29) is 17.0 Å². The van der Waals surface area contributed by atoms with Gasteiger partial charge in [-0.3, -0.25) is 9.10 Å². The standard InChI is InChI=1S/C17H19ClN2O4S/c1-12(21)11-19-17(22)13-5-3-8-16(9-13)25(23,24)20(2)15-7-4-6-14(18)10-15/h3-10,12,21H,11H2,1-2H3,(H,19,22). The van der Waals surface area contributed by atoms with Crippen LogP contribution >= 0.6 is 11.6 Å². The Kier molecular flexibility index (Phi) is 6.05. The summed E-state index contributed by atoms with van der Waals surface area (Å²) in [7, 11) is -2.43. The number of nitrogens with zero attached hydrogens (tertiary/aromatic N) is 1. The Morgan fingerprint density at radius 1 is 1.24 bits per heavy atom. The lowest BCUT2D eigenvalue weighted by molar-refractivity contribution is 0.0924. The summed E-state index contributed by atoms with van der Waals surface area (Å²) >= 11 is 5.92. The molecule has 2 N–H and O–H groups in total. The lowest BCUT2D eigenvalue weighted by Gasteiger charge is -2.20. The fourth-order valence-electron chi connectivity index (χ4n) is 2.11. The zero-order valence-electron chi connectivity index (χ0n) is 13.8. The summed E-state index contributed by atoms with van der Waals surface area (Å²) in [5.41, 5.74) is 0.609. The molecule has 25 heavy (non-hydrogen) atoms. The average molecular weight is 383 g/mol. The minimum absolute atomic E-state index is 0.0142. The van der Waals surface area contributed by atoms with Gasteiger partial charge in [-0.25, -0.2) is 8.42 Å². The van der Waals surface area contributed by atoms with Gasteiger partial charge in [-0.15, -0.1) is 0 Å². The Balaban J connectivity index is 2.30. The van der Waals surface area contributed by atoms with Gasteiger partial charge < -0.3 is 10.4 Å². The molecule has 0 aliphatic heterocycles. The third kappa shape index (κ3) is 4.72.